The third kappa shape index (κ3) is 1.70. The first-order chi connectivity index (χ1) is 10.4. The van der Waals surface area contributed by atoms with Gasteiger partial charge in [-0.3, -0.25) is 0 Å². The number of hydrogen-bond donors (Lipinski definition) is 3. The molecular weight excluding hydrogens is 276 g/mol. The minimum atomic E-state index is -0.462. The van der Waals surface area contributed by atoms with Crippen molar-refractivity contribution in [3.8, 4) is 0 Å². The van der Waals surface area contributed by atoms with Crippen LogP contribution in [0.3, 0.4) is 0 Å². The first kappa shape index (κ1) is 14.5. The molecule has 1 fully saturated rings. The quantitative estimate of drug-likeness (QED) is 0.603. The maximum absolute atomic E-state index is 10.8. The molecular formula is C19H26O3. The highest BCUT2D eigenvalue weighted by Gasteiger charge is 2.58. The van der Waals surface area contributed by atoms with Crippen LogP contribution in [0, 0.1) is 28.6 Å². The van der Waals surface area contributed by atoms with E-state index in [0.717, 1.165) is 19.3 Å². The average molecular weight is 302 g/mol. The third-order valence-corrected chi connectivity index (χ3v) is 7.19. The predicted molar refractivity (Wildman–Crippen MR) is 85.1 cm³/mol. The molecule has 120 valence electrons. The highest BCUT2D eigenvalue weighted by molar-refractivity contribution is 5.35. The van der Waals surface area contributed by atoms with Gasteiger partial charge in [0.05, 0.1) is 18.0 Å². The Kier molecular flexibility index (Phi) is 2.96. The Morgan fingerprint density at radius 2 is 1.95 bits per heavy atom. The fourth-order valence-corrected chi connectivity index (χ4v) is 5.78. The summed E-state index contributed by atoms with van der Waals surface area (Å²) in [4.78, 5) is 0. The lowest BCUT2D eigenvalue weighted by molar-refractivity contribution is -0.0641. The standard InChI is InChI=1S/C19H26O3/c1-18-7-5-12(20)9-11(18)10-15(21)17-13-3-4-16(22)19(13,2)8-6-14(17)18/h4-5,7,10,12-15,17,20-22H,3,6,8-9H2,1-2H3/t12-,13-,14-,15-,17-,18-,19-/m0/s1. The van der Waals surface area contributed by atoms with Crippen LogP contribution in [0.5, 0.6) is 0 Å². The first-order valence-corrected chi connectivity index (χ1v) is 8.52. The highest BCUT2D eigenvalue weighted by atomic mass is 16.3. The van der Waals surface area contributed by atoms with Gasteiger partial charge < -0.3 is 15.3 Å². The summed E-state index contributed by atoms with van der Waals surface area (Å²) >= 11 is 0. The summed E-state index contributed by atoms with van der Waals surface area (Å²) in [5.41, 5.74) is 0.972. The molecule has 0 aromatic rings. The second kappa shape index (κ2) is 4.48. The molecule has 3 heteroatoms. The van der Waals surface area contributed by atoms with E-state index >= 15 is 0 Å². The second-order valence-electron chi connectivity index (χ2n) is 8.17. The highest BCUT2D eigenvalue weighted by Crippen LogP contribution is 2.63. The van der Waals surface area contributed by atoms with Gasteiger partial charge in [0.25, 0.3) is 0 Å². The average Bonchev–Trinajstić information content (AvgIpc) is 2.77. The Bertz CT molecular complexity index is 589. The fourth-order valence-electron chi connectivity index (χ4n) is 5.78. The van der Waals surface area contributed by atoms with Crippen molar-refractivity contribution >= 4 is 0 Å². The Balaban J connectivity index is 1.77. The smallest absolute Gasteiger partial charge is 0.0944 e. The molecule has 0 radical (unpaired) electrons. The van der Waals surface area contributed by atoms with Crippen LogP contribution in [0.2, 0.25) is 0 Å². The number of aliphatic hydroxyl groups is 3. The summed E-state index contributed by atoms with van der Waals surface area (Å²) in [6.07, 6.45) is 10.7. The van der Waals surface area contributed by atoms with Crippen molar-refractivity contribution in [3.63, 3.8) is 0 Å². The van der Waals surface area contributed by atoms with Crippen LogP contribution in [-0.4, -0.2) is 27.5 Å². The van der Waals surface area contributed by atoms with Gasteiger partial charge in [-0.2, -0.15) is 0 Å². The van der Waals surface area contributed by atoms with Crippen LogP contribution in [0.1, 0.15) is 39.5 Å². The van der Waals surface area contributed by atoms with Crippen molar-refractivity contribution in [2.24, 2.45) is 28.6 Å². The summed E-state index contributed by atoms with van der Waals surface area (Å²) in [6, 6.07) is 0. The van der Waals surface area contributed by atoms with Crippen molar-refractivity contribution in [2.75, 3.05) is 0 Å². The van der Waals surface area contributed by atoms with E-state index in [1.165, 1.54) is 5.57 Å². The SMILES string of the molecule is C[C@]12C=C[C@H](O)CC1=C[C@H](O)[C@@H]1[C@@H]2CC[C@]2(C)C(O)=CC[C@@H]12. The number of hydrogen-bond acceptors (Lipinski definition) is 3. The maximum Gasteiger partial charge on any atom is 0.0944 e. The topological polar surface area (TPSA) is 60.7 Å². The molecule has 0 aliphatic heterocycles. The van der Waals surface area contributed by atoms with E-state index in [4.69, 9.17) is 0 Å². The predicted octanol–water partition coefficient (Wildman–Crippen LogP) is 3.11. The number of aliphatic hydroxyl groups excluding tert-OH is 3. The monoisotopic (exact) mass is 302 g/mol. The van der Waals surface area contributed by atoms with Crippen molar-refractivity contribution in [1.82, 2.24) is 0 Å². The molecule has 0 heterocycles. The molecule has 0 amide bonds. The number of allylic oxidation sites excluding steroid dienone is 3. The zero-order valence-corrected chi connectivity index (χ0v) is 13.4. The fraction of sp³-hybridized carbons (Fsp3) is 0.684. The normalized spacial score (nSPS) is 53.2. The van der Waals surface area contributed by atoms with E-state index in [2.05, 4.69) is 19.9 Å². The number of fused-ring (bicyclic) bond motifs is 5. The van der Waals surface area contributed by atoms with Crippen molar-refractivity contribution in [1.29, 1.82) is 0 Å². The van der Waals surface area contributed by atoms with Gasteiger partial charge in [-0.1, -0.05) is 37.6 Å². The summed E-state index contributed by atoms with van der Waals surface area (Å²) < 4.78 is 0. The van der Waals surface area contributed by atoms with E-state index in [9.17, 15) is 15.3 Å². The van der Waals surface area contributed by atoms with E-state index in [-0.39, 0.29) is 16.7 Å². The van der Waals surface area contributed by atoms with Gasteiger partial charge in [-0.05, 0) is 49.5 Å². The van der Waals surface area contributed by atoms with Gasteiger partial charge in [0.1, 0.15) is 0 Å². The molecule has 4 aliphatic rings. The molecule has 7 atom stereocenters. The van der Waals surface area contributed by atoms with Gasteiger partial charge >= 0.3 is 0 Å². The second-order valence-corrected chi connectivity index (χ2v) is 8.17. The maximum atomic E-state index is 10.8. The molecule has 0 unspecified atom stereocenters. The Hall–Kier alpha value is -1.06. The molecule has 4 rings (SSSR count). The lowest BCUT2D eigenvalue weighted by Crippen LogP contribution is -2.53. The van der Waals surface area contributed by atoms with Crippen LogP contribution >= 0.6 is 0 Å². The van der Waals surface area contributed by atoms with Crippen molar-refractivity contribution in [3.05, 3.63) is 35.6 Å². The Labute approximate surface area is 132 Å². The molecule has 0 bridgehead atoms. The molecule has 22 heavy (non-hydrogen) atoms. The zero-order chi connectivity index (χ0) is 15.7. The molecule has 0 aromatic heterocycles. The molecule has 1 saturated carbocycles. The molecule has 3 nitrogen and oxygen atoms in total. The largest absolute Gasteiger partial charge is 0.512 e. The molecule has 3 N–H and O–H groups in total. The molecule has 4 aliphatic carbocycles. The molecule has 0 saturated heterocycles. The van der Waals surface area contributed by atoms with E-state index < -0.39 is 12.2 Å². The minimum absolute atomic E-state index is 0.0529. The minimum Gasteiger partial charge on any atom is -0.512 e. The van der Waals surface area contributed by atoms with Crippen LogP contribution in [0.15, 0.2) is 35.6 Å². The zero-order valence-electron chi connectivity index (χ0n) is 13.4. The van der Waals surface area contributed by atoms with Gasteiger partial charge in [0.15, 0.2) is 0 Å². The van der Waals surface area contributed by atoms with Crippen molar-refractivity contribution < 1.29 is 15.3 Å². The summed E-state index contributed by atoms with van der Waals surface area (Å²) in [5, 5.41) is 31.0. The van der Waals surface area contributed by atoms with Gasteiger partial charge in [-0.25, -0.2) is 0 Å². The van der Waals surface area contributed by atoms with E-state index in [1.807, 2.05) is 18.2 Å². The summed E-state index contributed by atoms with van der Waals surface area (Å²) in [7, 11) is 0. The lowest BCUT2D eigenvalue weighted by atomic mass is 9.48. The van der Waals surface area contributed by atoms with Gasteiger partial charge in [0, 0.05) is 10.8 Å². The van der Waals surface area contributed by atoms with Crippen LogP contribution in [-0.2, 0) is 0 Å². The third-order valence-electron chi connectivity index (χ3n) is 7.19. The Morgan fingerprint density at radius 3 is 2.73 bits per heavy atom. The molecule has 0 spiro atoms. The number of rotatable bonds is 0. The summed E-state index contributed by atoms with van der Waals surface area (Å²) in [5.74, 6) is 1.42. The van der Waals surface area contributed by atoms with Crippen LogP contribution in [0.25, 0.3) is 0 Å². The van der Waals surface area contributed by atoms with Gasteiger partial charge in [0.2, 0.25) is 0 Å². The molecule has 0 aromatic carbocycles. The van der Waals surface area contributed by atoms with Crippen molar-refractivity contribution in [2.45, 2.75) is 51.7 Å². The Morgan fingerprint density at radius 1 is 1.18 bits per heavy atom. The van der Waals surface area contributed by atoms with Crippen LogP contribution in [0.4, 0.5) is 0 Å². The van der Waals surface area contributed by atoms with E-state index in [0.29, 0.717) is 24.0 Å². The van der Waals surface area contributed by atoms with Gasteiger partial charge in [-0.15, -0.1) is 0 Å². The lowest BCUT2D eigenvalue weighted by Gasteiger charge is -2.56. The first-order valence-electron chi connectivity index (χ1n) is 8.52. The van der Waals surface area contributed by atoms with Crippen LogP contribution < -0.4 is 0 Å². The summed E-state index contributed by atoms with van der Waals surface area (Å²) in [6.45, 7) is 4.41. The van der Waals surface area contributed by atoms with E-state index in [1.54, 1.807) is 0 Å².